The number of rotatable bonds is 7. The van der Waals surface area contributed by atoms with Crippen LogP contribution in [-0.2, 0) is 14.0 Å². The van der Waals surface area contributed by atoms with Gasteiger partial charge in [0.1, 0.15) is 17.9 Å². The maximum Gasteiger partial charge on any atom is 0.417 e. The van der Waals surface area contributed by atoms with Crippen molar-refractivity contribution in [1.29, 1.82) is 0 Å². The van der Waals surface area contributed by atoms with E-state index in [4.69, 9.17) is 13.6 Å². The van der Waals surface area contributed by atoms with Crippen LogP contribution in [0.2, 0.25) is 18.1 Å². The highest BCUT2D eigenvalue weighted by Crippen LogP contribution is 2.41. The van der Waals surface area contributed by atoms with Crippen molar-refractivity contribution in [2.45, 2.75) is 89.3 Å². The number of amides is 2. The van der Waals surface area contributed by atoms with Gasteiger partial charge in [-0.3, -0.25) is 4.79 Å². The lowest BCUT2D eigenvalue weighted by Crippen LogP contribution is -2.64. The van der Waals surface area contributed by atoms with Gasteiger partial charge in [-0.15, -0.1) is 0 Å². The number of hydrogen-bond acceptors (Lipinski definition) is 5. The van der Waals surface area contributed by atoms with Crippen LogP contribution in [0.1, 0.15) is 64.7 Å². The fourth-order valence-corrected chi connectivity index (χ4v) is 6.94. The Hall–Kier alpha value is -1.60. The number of carbonyl (C=O) groups excluding carboxylic acids is 2. The largest absolute Gasteiger partial charge is 0.467 e. The van der Waals surface area contributed by atoms with Gasteiger partial charge in [0.2, 0.25) is 0 Å². The molecule has 2 fully saturated rings. The Morgan fingerprint density at radius 3 is 2.41 bits per heavy atom. The number of furan rings is 1. The molecule has 2 atom stereocenters. The summed E-state index contributed by atoms with van der Waals surface area (Å²) >= 11 is 0. The lowest BCUT2D eigenvalue weighted by molar-refractivity contribution is -0.163. The third kappa shape index (κ3) is 3.99. The Bertz CT molecular complexity index is 629. The maximum atomic E-state index is 12.9. The Kier molecular flexibility index (Phi) is 6.42. The molecule has 150 valence electrons. The Morgan fingerprint density at radius 2 is 1.85 bits per heavy atom. The second kappa shape index (κ2) is 8.60. The summed E-state index contributed by atoms with van der Waals surface area (Å²) in [5.74, 6) is 0.274. The van der Waals surface area contributed by atoms with Crippen LogP contribution in [0, 0.1) is 0 Å². The molecule has 2 amide bonds. The monoisotopic (exact) mass is 393 g/mol. The highest BCUT2D eigenvalue weighted by Gasteiger charge is 2.57. The first-order chi connectivity index (χ1) is 13.0. The zero-order valence-electron chi connectivity index (χ0n) is 16.6. The molecule has 1 aromatic heterocycles. The number of nitrogens with zero attached hydrogens (tertiary/aromatic N) is 1. The molecule has 0 N–H and O–H groups in total. The Balaban J connectivity index is 1.76. The number of ether oxygens (including phenoxy) is 1. The van der Waals surface area contributed by atoms with Gasteiger partial charge in [-0.05, 0) is 55.9 Å². The summed E-state index contributed by atoms with van der Waals surface area (Å²) in [6.07, 6.45) is 5.31. The Morgan fingerprint density at radius 1 is 1.19 bits per heavy atom. The molecular formula is C20H31NO5Si. The summed E-state index contributed by atoms with van der Waals surface area (Å²) in [5, 5.41) is 0. The summed E-state index contributed by atoms with van der Waals surface area (Å²) in [6, 6.07) is 5.87. The van der Waals surface area contributed by atoms with Crippen LogP contribution < -0.4 is 0 Å². The molecule has 0 spiro atoms. The van der Waals surface area contributed by atoms with Crippen LogP contribution in [0.4, 0.5) is 4.79 Å². The SMILES string of the molecule is CC[Si](CC)(CC)OC1C(=O)N(C(=O)OC2CCCCC2)C1c1ccco1. The highest BCUT2D eigenvalue weighted by molar-refractivity contribution is 6.73. The molecule has 2 heterocycles. The molecule has 0 bridgehead atoms. The fourth-order valence-electron chi connectivity index (χ4n) is 4.17. The standard InChI is InChI=1S/C20H31NO5Si/c1-4-27(5-2,6-3)26-18-17(16-13-10-14-24-16)21(19(18)22)20(23)25-15-11-8-7-9-12-15/h10,13-15,17-18H,4-9,11-12H2,1-3H3. The van der Waals surface area contributed by atoms with E-state index in [2.05, 4.69) is 20.8 Å². The Labute approximate surface area is 162 Å². The lowest BCUT2D eigenvalue weighted by atomic mass is 9.96. The van der Waals surface area contributed by atoms with Gasteiger partial charge < -0.3 is 13.6 Å². The molecule has 0 radical (unpaired) electrons. The molecule has 1 saturated heterocycles. The third-order valence-corrected chi connectivity index (χ3v) is 10.8. The van der Waals surface area contributed by atoms with Crippen molar-refractivity contribution in [2.24, 2.45) is 0 Å². The summed E-state index contributed by atoms with van der Waals surface area (Å²) < 4.78 is 17.6. The van der Waals surface area contributed by atoms with Crippen molar-refractivity contribution in [1.82, 2.24) is 4.90 Å². The lowest BCUT2D eigenvalue weighted by Gasteiger charge is -2.47. The van der Waals surface area contributed by atoms with Crippen molar-refractivity contribution in [3.63, 3.8) is 0 Å². The molecule has 1 aliphatic carbocycles. The molecule has 1 saturated carbocycles. The number of likely N-dealkylation sites (tertiary alicyclic amines) is 1. The van der Waals surface area contributed by atoms with E-state index < -0.39 is 26.6 Å². The quantitative estimate of drug-likeness (QED) is 0.480. The predicted octanol–water partition coefficient (Wildman–Crippen LogP) is 5.02. The minimum atomic E-state index is -1.99. The third-order valence-electron chi connectivity index (χ3n) is 6.21. The van der Waals surface area contributed by atoms with Crippen molar-refractivity contribution in [3.05, 3.63) is 24.2 Å². The number of imide groups is 1. The van der Waals surface area contributed by atoms with Gasteiger partial charge in [0, 0.05) is 0 Å². The van der Waals surface area contributed by atoms with Crippen LogP contribution >= 0.6 is 0 Å². The molecule has 0 aromatic carbocycles. The first kappa shape index (κ1) is 20.1. The average Bonchev–Trinajstić information content (AvgIpc) is 3.22. The van der Waals surface area contributed by atoms with Gasteiger partial charge in [0.25, 0.3) is 5.91 Å². The zero-order chi connectivity index (χ0) is 19.4. The number of hydrogen-bond donors (Lipinski definition) is 0. The maximum absolute atomic E-state index is 12.9. The minimum absolute atomic E-state index is 0.0911. The van der Waals surface area contributed by atoms with Gasteiger partial charge in [-0.25, -0.2) is 9.69 Å². The minimum Gasteiger partial charge on any atom is -0.467 e. The molecular weight excluding hydrogens is 362 g/mol. The second-order valence-electron chi connectivity index (χ2n) is 7.59. The van der Waals surface area contributed by atoms with E-state index in [0.29, 0.717) is 5.76 Å². The van der Waals surface area contributed by atoms with Crippen molar-refractivity contribution >= 4 is 20.3 Å². The van der Waals surface area contributed by atoms with E-state index in [9.17, 15) is 9.59 Å². The van der Waals surface area contributed by atoms with Crippen LogP contribution in [0.25, 0.3) is 0 Å². The smallest absolute Gasteiger partial charge is 0.417 e. The first-order valence-electron chi connectivity index (χ1n) is 10.3. The molecule has 1 aliphatic heterocycles. The van der Waals surface area contributed by atoms with Crippen molar-refractivity contribution in [3.8, 4) is 0 Å². The second-order valence-corrected chi connectivity index (χ2v) is 12.3. The van der Waals surface area contributed by atoms with Gasteiger partial charge in [0.05, 0.1) is 6.26 Å². The number of carbonyl (C=O) groups is 2. The van der Waals surface area contributed by atoms with E-state index in [1.165, 1.54) is 11.3 Å². The van der Waals surface area contributed by atoms with E-state index in [-0.39, 0.29) is 12.0 Å². The molecule has 7 heteroatoms. The summed E-state index contributed by atoms with van der Waals surface area (Å²) in [6.45, 7) is 6.37. The zero-order valence-corrected chi connectivity index (χ0v) is 17.6. The number of β-lactam (4-membered cyclic amide) rings is 1. The van der Waals surface area contributed by atoms with E-state index in [1.54, 1.807) is 18.4 Å². The summed E-state index contributed by atoms with van der Waals surface area (Å²) in [4.78, 5) is 26.8. The fraction of sp³-hybridized carbons (Fsp3) is 0.700. The normalized spacial score (nSPS) is 24.0. The van der Waals surface area contributed by atoms with Gasteiger partial charge >= 0.3 is 6.09 Å². The van der Waals surface area contributed by atoms with Gasteiger partial charge in [0.15, 0.2) is 14.4 Å². The van der Waals surface area contributed by atoms with E-state index in [0.717, 1.165) is 43.8 Å². The van der Waals surface area contributed by atoms with E-state index in [1.807, 2.05) is 0 Å². The van der Waals surface area contributed by atoms with Crippen LogP contribution in [0.3, 0.4) is 0 Å². The van der Waals surface area contributed by atoms with Gasteiger partial charge in [-0.2, -0.15) is 0 Å². The van der Waals surface area contributed by atoms with E-state index >= 15 is 0 Å². The van der Waals surface area contributed by atoms with Crippen LogP contribution in [0.15, 0.2) is 22.8 Å². The van der Waals surface area contributed by atoms with Crippen molar-refractivity contribution in [2.75, 3.05) is 0 Å². The summed E-state index contributed by atoms with van der Waals surface area (Å²) in [5.41, 5.74) is 0. The average molecular weight is 394 g/mol. The topological polar surface area (TPSA) is 69.0 Å². The summed E-state index contributed by atoms with van der Waals surface area (Å²) in [7, 11) is -1.99. The molecule has 2 unspecified atom stereocenters. The van der Waals surface area contributed by atoms with Crippen LogP contribution in [0.5, 0.6) is 0 Å². The predicted molar refractivity (Wildman–Crippen MR) is 104 cm³/mol. The molecule has 27 heavy (non-hydrogen) atoms. The first-order valence-corrected chi connectivity index (χ1v) is 12.8. The molecule has 3 rings (SSSR count). The molecule has 1 aromatic rings. The molecule has 2 aliphatic rings. The van der Waals surface area contributed by atoms with Crippen molar-refractivity contribution < 1.29 is 23.2 Å². The molecule has 6 nitrogen and oxygen atoms in total. The van der Waals surface area contributed by atoms with Crippen LogP contribution in [-0.4, -0.2) is 37.4 Å². The van der Waals surface area contributed by atoms with Gasteiger partial charge in [-0.1, -0.05) is 27.2 Å². The highest BCUT2D eigenvalue weighted by atomic mass is 28.4.